The van der Waals surface area contributed by atoms with Crippen molar-refractivity contribution in [3.05, 3.63) is 18.2 Å². The number of methoxy groups -OCH3 is 2. The second-order valence-electron chi connectivity index (χ2n) is 6.40. The third-order valence-corrected chi connectivity index (χ3v) is 3.75. The first kappa shape index (κ1) is 22.1. The van der Waals surface area contributed by atoms with Gasteiger partial charge in [0.05, 0.1) is 14.2 Å². The Kier molecular flexibility index (Phi) is 9.83. The van der Waals surface area contributed by atoms with Gasteiger partial charge < -0.3 is 29.4 Å². The summed E-state index contributed by atoms with van der Waals surface area (Å²) in [4.78, 5) is 12.0. The van der Waals surface area contributed by atoms with E-state index >= 15 is 0 Å². The molecule has 0 radical (unpaired) electrons. The Morgan fingerprint density at radius 2 is 1.77 bits per heavy atom. The molecule has 1 aromatic rings. The van der Waals surface area contributed by atoms with Crippen LogP contribution in [0.4, 0.5) is 0 Å². The predicted molar refractivity (Wildman–Crippen MR) is 98.9 cm³/mol. The molecule has 26 heavy (non-hydrogen) atoms. The molecule has 0 bridgehead atoms. The van der Waals surface area contributed by atoms with Crippen molar-refractivity contribution in [2.24, 2.45) is 5.92 Å². The van der Waals surface area contributed by atoms with Crippen molar-refractivity contribution >= 4 is 5.91 Å². The maximum atomic E-state index is 12.0. The average molecular weight is 369 g/mol. The summed E-state index contributed by atoms with van der Waals surface area (Å²) in [5, 5.41) is 12.7. The first-order chi connectivity index (χ1) is 12.4. The minimum Gasteiger partial charge on any atom is -0.493 e. The van der Waals surface area contributed by atoms with Crippen LogP contribution in [0.3, 0.4) is 0 Å². The van der Waals surface area contributed by atoms with E-state index in [1.54, 1.807) is 25.1 Å². The molecule has 2 N–H and O–H groups in total. The van der Waals surface area contributed by atoms with Crippen LogP contribution in [0.25, 0.3) is 0 Å². The van der Waals surface area contributed by atoms with E-state index in [1.807, 2.05) is 0 Å². The van der Waals surface area contributed by atoms with Gasteiger partial charge in [-0.2, -0.15) is 0 Å². The minimum atomic E-state index is -0.878. The lowest BCUT2D eigenvalue weighted by Crippen LogP contribution is -2.40. The van der Waals surface area contributed by atoms with E-state index in [2.05, 4.69) is 19.2 Å². The maximum absolute atomic E-state index is 12.0. The Balaban J connectivity index is 2.41. The lowest BCUT2D eigenvalue weighted by atomic mass is 10.1. The highest BCUT2D eigenvalue weighted by molar-refractivity contribution is 5.80. The van der Waals surface area contributed by atoms with Crippen molar-refractivity contribution in [3.63, 3.8) is 0 Å². The van der Waals surface area contributed by atoms with Gasteiger partial charge in [-0.25, -0.2) is 0 Å². The number of benzene rings is 1. The standard InChI is InChI=1S/C19H31NO6/c1-13(2)9-10-25-14(3)19(22)20-11-15(21)12-26-18-16(23-4)7-6-8-17(18)24-5/h6-8,13-15,21H,9-12H2,1-5H3,(H,20,22). The number of aliphatic hydroxyl groups is 1. The summed E-state index contributed by atoms with van der Waals surface area (Å²) in [6.07, 6.45) is -0.540. The molecule has 1 rings (SSSR count). The molecule has 7 heteroatoms. The van der Waals surface area contributed by atoms with E-state index in [1.165, 1.54) is 14.2 Å². The van der Waals surface area contributed by atoms with E-state index in [4.69, 9.17) is 18.9 Å². The molecule has 0 aliphatic heterocycles. The van der Waals surface area contributed by atoms with E-state index in [0.717, 1.165) is 6.42 Å². The summed E-state index contributed by atoms with van der Waals surface area (Å²) in [6.45, 7) is 6.47. The number of hydrogen-bond donors (Lipinski definition) is 2. The van der Waals surface area contributed by atoms with Crippen molar-refractivity contribution in [1.29, 1.82) is 0 Å². The lowest BCUT2D eigenvalue weighted by molar-refractivity contribution is -0.132. The number of ether oxygens (including phenoxy) is 4. The third kappa shape index (κ3) is 7.49. The molecule has 7 nitrogen and oxygen atoms in total. The molecule has 0 fully saturated rings. The van der Waals surface area contributed by atoms with Gasteiger partial charge in [-0.1, -0.05) is 19.9 Å². The van der Waals surface area contributed by atoms with Gasteiger partial charge in [0.25, 0.3) is 0 Å². The van der Waals surface area contributed by atoms with E-state index in [0.29, 0.717) is 29.8 Å². The Bertz CT molecular complexity index is 527. The number of carbonyl (C=O) groups excluding carboxylic acids is 1. The Morgan fingerprint density at radius 1 is 1.15 bits per heavy atom. The van der Waals surface area contributed by atoms with Crippen molar-refractivity contribution in [2.45, 2.75) is 39.4 Å². The fourth-order valence-electron chi connectivity index (χ4n) is 2.12. The maximum Gasteiger partial charge on any atom is 0.248 e. The molecule has 1 aromatic carbocycles. The largest absolute Gasteiger partial charge is 0.493 e. The zero-order valence-corrected chi connectivity index (χ0v) is 16.3. The van der Waals surface area contributed by atoms with Gasteiger partial charge in [0.1, 0.15) is 18.8 Å². The van der Waals surface area contributed by atoms with Gasteiger partial charge in [-0.15, -0.1) is 0 Å². The van der Waals surface area contributed by atoms with Crippen LogP contribution < -0.4 is 19.5 Å². The molecule has 0 aliphatic rings. The predicted octanol–water partition coefficient (Wildman–Crippen LogP) is 2.01. The number of carbonyl (C=O) groups is 1. The zero-order valence-electron chi connectivity index (χ0n) is 16.3. The highest BCUT2D eigenvalue weighted by Crippen LogP contribution is 2.36. The topological polar surface area (TPSA) is 86.3 Å². The van der Waals surface area contributed by atoms with Gasteiger partial charge in [-0.05, 0) is 31.4 Å². The number of amides is 1. The average Bonchev–Trinajstić information content (AvgIpc) is 2.63. The summed E-state index contributed by atoms with van der Waals surface area (Å²) >= 11 is 0. The number of hydrogen-bond acceptors (Lipinski definition) is 6. The second-order valence-corrected chi connectivity index (χ2v) is 6.40. The van der Waals surface area contributed by atoms with Crippen LogP contribution in [0.2, 0.25) is 0 Å². The first-order valence-corrected chi connectivity index (χ1v) is 8.80. The molecular weight excluding hydrogens is 338 g/mol. The monoisotopic (exact) mass is 369 g/mol. The van der Waals surface area contributed by atoms with Crippen molar-refractivity contribution in [1.82, 2.24) is 5.32 Å². The van der Waals surface area contributed by atoms with Gasteiger partial charge in [0.2, 0.25) is 11.7 Å². The van der Waals surface area contributed by atoms with Gasteiger partial charge in [0, 0.05) is 13.2 Å². The Hall–Kier alpha value is -1.99. The molecule has 148 valence electrons. The molecule has 0 aliphatic carbocycles. The summed E-state index contributed by atoms with van der Waals surface area (Å²) in [5.41, 5.74) is 0. The molecule has 2 atom stereocenters. The van der Waals surface area contributed by atoms with E-state index in [-0.39, 0.29) is 19.1 Å². The van der Waals surface area contributed by atoms with Crippen molar-refractivity contribution < 1.29 is 28.8 Å². The van der Waals surface area contributed by atoms with Crippen LogP contribution in [0.5, 0.6) is 17.2 Å². The van der Waals surface area contributed by atoms with Crippen LogP contribution in [-0.4, -0.2) is 57.2 Å². The van der Waals surface area contributed by atoms with Gasteiger partial charge in [0.15, 0.2) is 11.5 Å². The van der Waals surface area contributed by atoms with Crippen LogP contribution in [0, 0.1) is 5.92 Å². The number of aliphatic hydroxyl groups excluding tert-OH is 1. The van der Waals surface area contributed by atoms with Gasteiger partial charge in [-0.3, -0.25) is 4.79 Å². The lowest BCUT2D eigenvalue weighted by Gasteiger charge is -2.18. The third-order valence-electron chi connectivity index (χ3n) is 3.75. The summed E-state index contributed by atoms with van der Waals surface area (Å²) in [7, 11) is 3.05. The van der Waals surface area contributed by atoms with Crippen LogP contribution in [0.1, 0.15) is 27.2 Å². The van der Waals surface area contributed by atoms with Crippen molar-refractivity contribution in [2.75, 3.05) is 34.0 Å². The molecule has 0 heterocycles. The van der Waals surface area contributed by atoms with Crippen LogP contribution >= 0.6 is 0 Å². The minimum absolute atomic E-state index is 0.0143. The zero-order chi connectivity index (χ0) is 19.5. The second kappa shape index (κ2) is 11.6. The highest BCUT2D eigenvalue weighted by atomic mass is 16.5. The highest BCUT2D eigenvalue weighted by Gasteiger charge is 2.17. The molecule has 0 saturated carbocycles. The number of rotatable bonds is 12. The molecule has 2 unspecified atom stereocenters. The number of para-hydroxylation sites is 1. The fraction of sp³-hybridized carbons (Fsp3) is 0.632. The fourth-order valence-corrected chi connectivity index (χ4v) is 2.12. The molecule has 0 aromatic heterocycles. The summed E-state index contributed by atoms with van der Waals surface area (Å²) in [5.74, 6) is 1.69. The first-order valence-electron chi connectivity index (χ1n) is 8.80. The Labute approximate surface area is 155 Å². The number of nitrogens with one attached hydrogen (secondary N) is 1. The summed E-state index contributed by atoms with van der Waals surface area (Å²) in [6, 6.07) is 5.26. The Morgan fingerprint density at radius 3 is 2.31 bits per heavy atom. The molecule has 0 saturated heterocycles. The molecule has 1 amide bonds. The van der Waals surface area contributed by atoms with Crippen LogP contribution in [0.15, 0.2) is 18.2 Å². The normalized spacial score (nSPS) is 13.2. The van der Waals surface area contributed by atoms with E-state index in [9.17, 15) is 9.90 Å². The SMILES string of the molecule is COc1cccc(OC)c1OCC(O)CNC(=O)C(C)OCCC(C)C. The van der Waals surface area contributed by atoms with Gasteiger partial charge >= 0.3 is 0 Å². The quantitative estimate of drug-likeness (QED) is 0.586. The molecular formula is C19H31NO6. The molecule has 0 spiro atoms. The van der Waals surface area contributed by atoms with Crippen LogP contribution in [-0.2, 0) is 9.53 Å². The van der Waals surface area contributed by atoms with E-state index < -0.39 is 12.2 Å². The smallest absolute Gasteiger partial charge is 0.248 e. The summed E-state index contributed by atoms with van der Waals surface area (Å²) < 4.78 is 21.6. The van der Waals surface area contributed by atoms with Crippen molar-refractivity contribution in [3.8, 4) is 17.2 Å².